The van der Waals surface area contributed by atoms with Crippen molar-refractivity contribution in [2.45, 2.75) is 39.2 Å². The Morgan fingerprint density at radius 1 is 1.11 bits per heavy atom. The second-order valence-corrected chi connectivity index (χ2v) is 8.34. The molecule has 2 aliphatic heterocycles. The van der Waals surface area contributed by atoms with Crippen LogP contribution in [0.1, 0.15) is 49.3 Å². The summed E-state index contributed by atoms with van der Waals surface area (Å²) in [4.78, 5) is 18.1. The third kappa shape index (κ3) is 7.92. The lowest BCUT2D eigenvalue weighted by Crippen LogP contribution is -2.33. The van der Waals surface area contributed by atoms with Gasteiger partial charge in [0.15, 0.2) is 0 Å². The summed E-state index contributed by atoms with van der Waals surface area (Å²) in [5, 5.41) is 13.9. The Kier molecular flexibility index (Phi) is 11.4. The quantitative estimate of drug-likeness (QED) is 0.184. The molecule has 8 heteroatoms. The molecule has 2 aromatic rings. The largest absolute Gasteiger partial charge is 0.488 e. The van der Waals surface area contributed by atoms with Gasteiger partial charge in [-0.15, -0.1) is 6.42 Å². The molecule has 192 valence electrons. The summed E-state index contributed by atoms with van der Waals surface area (Å²) in [6.45, 7) is 5.83. The first-order chi connectivity index (χ1) is 17.7. The number of benzene rings is 2. The van der Waals surface area contributed by atoms with E-state index in [0.29, 0.717) is 19.6 Å². The molecule has 0 aromatic heterocycles. The molecule has 0 amide bonds. The zero-order valence-electron chi connectivity index (χ0n) is 20.6. The zero-order chi connectivity index (χ0) is 25.6. The summed E-state index contributed by atoms with van der Waals surface area (Å²) in [7, 11) is 0. The fraction of sp³-hybridized carbons (Fsp3) is 0.393. The fourth-order valence-electron chi connectivity index (χ4n) is 4.28. The van der Waals surface area contributed by atoms with Crippen LogP contribution in [0.25, 0.3) is 5.57 Å². The third-order valence-electron chi connectivity index (χ3n) is 5.96. The lowest BCUT2D eigenvalue weighted by atomic mass is 9.86. The van der Waals surface area contributed by atoms with Crippen LogP contribution in [0.5, 0.6) is 5.75 Å². The Balaban J connectivity index is 0.000000454. The summed E-state index contributed by atoms with van der Waals surface area (Å²) in [6.07, 6.45) is 8.06. The maximum atomic E-state index is 11.8. The van der Waals surface area contributed by atoms with Crippen molar-refractivity contribution in [1.82, 2.24) is 4.90 Å². The Morgan fingerprint density at radius 2 is 1.83 bits per heavy atom. The van der Waals surface area contributed by atoms with E-state index in [2.05, 4.69) is 74.7 Å². The van der Waals surface area contributed by atoms with E-state index in [0.717, 1.165) is 44.6 Å². The average molecular weight is 496 g/mol. The van der Waals surface area contributed by atoms with Gasteiger partial charge in [0, 0.05) is 25.2 Å². The van der Waals surface area contributed by atoms with Gasteiger partial charge in [-0.3, -0.25) is 4.79 Å². The van der Waals surface area contributed by atoms with E-state index in [4.69, 9.17) is 14.7 Å². The first kappa shape index (κ1) is 27.4. The smallest absolute Gasteiger partial charge is 0.307 e. The summed E-state index contributed by atoms with van der Waals surface area (Å²) in [6, 6.07) is 17.0. The Morgan fingerprint density at radius 3 is 2.56 bits per heavy atom. The monoisotopic (exact) mass is 495 g/mol. The Bertz CT molecular complexity index is 1000. The molecule has 2 heterocycles. The molecule has 0 aliphatic carbocycles. The van der Waals surface area contributed by atoms with E-state index in [9.17, 15) is 4.79 Å². The SMILES string of the molecule is C#CCOOOO.CCCOC(=O)CCN1CCC(=C2c3ccccc3COc3ccccc32)CC1. The average Bonchev–Trinajstić information content (AvgIpc) is 3.09. The number of fused-ring (bicyclic) bond motifs is 2. The summed E-state index contributed by atoms with van der Waals surface area (Å²) < 4.78 is 11.3. The molecule has 2 aliphatic rings. The summed E-state index contributed by atoms with van der Waals surface area (Å²) >= 11 is 0. The number of carbonyl (C=O) groups is 1. The summed E-state index contributed by atoms with van der Waals surface area (Å²) in [5.41, 5.74) is 6.57. The first-order valence-corrected chi connectivity index (χ1v) is 12.1. The molecule has 2 aromatic carbocycles. The number of carbonyl (C=O) groups excluding carboxylic acids is 1. The third-order valence-corrected chi connectivity index (χ3v) is 5.96. The topological polar surface area (TPSA) is 86.7 Å². The maximum Gasteiger partial charge on any atom is 0.307 e. The highest BCUT2D eigenvalue weighted by atomic mass is 17.6. The van der Waals surface area contributed by atoms with Crippen molar-refractivity contribution >= 4 is 11.5 Å². The van der Waals surface area contributed by atoms with E-state index in [1.54, 1.807) is 0 Å². The molecule has 36 heavy (non-hydrogen) atoms. The highest BCUT2D eigenvalue weighted by molar-refractivity contribution is 5.87. The number of rotatable bonds is 8. The van der Waals surface area contributed by atoms with Gasteiger partial charge in [-0.25, -0.2) is 5.26 Å². The fourth-order valence-corrected chi connectivity index (χ4v) is 4.28. The Labute approximate surface area is 212 Å². The van der Waals surface area contributed by atoms with Gasteiger partial charge in [0.1, 0.15) is 19.0 Å². The molecule has 1 N–H and O–H groups in total. The minimum absolute atomic E-state index is 0.0550. The number of hydrogen-bond acceptors (Lipinski definition) is 8. The molecule has 0 atom stereocenters. The minimum atomic E-state index is -0.0835. The molecule has 1 saturated heterocycles. The molecule has 1 fully saturated rings. The molecule has 0 bridgehead atoms. The van der Waals surface area contributed by atoms with Crippen LogP contribution in [0, 0.1) is 12.3 Å². The standard InChI is InChI=1S/C25H29NO3.C3H4O4/c1-2-17-28-24(27)13-16-26-14-11-19(12-15-26)25-21-8-4-3-7-20(21)18-29-23-10-6-5-9-22(23)25;1-2-3-5-7-6-4/h3-10H,2,11-18H2,1H3;1,4H,3H2. The minimum Gasteiger partial charge on any atom is -0.488 e. The molecule has 0 radical (unpaired) electrons. The predicted octanol–water partition coefficient (Wildman–Crippen LogP) is 4.79. The van der Waals surface area contributed by atoms with Crippen molar-refractivity contribution in [2.75, 3.05) is 32.8 Å². The van der Waals surface area contributed by atoms with Crippen LogP contribution < -0.4 is 4.74 Å². The second kappa shape index (κ2) is 15.0. The van der Waals surface area contributed by atoms with Crippen LogP contribution in [0.3, 0.4) is 0 Å². The van der Waals surface area contributed by atoms with E-state index in [1.807, 2.05) is 13.0 Å². The highest BCUT2D eigenvalue weighted by Crippen LogP contribution is 2.40. The number of hydrogen-bond donors (Lipinski definition) is 1. The van der Waals surface area contributed by atoms with Crippen LogP contribution >= 0.6 is 0 Å². The molecule has 0 unspecified atom stereocenters. The number of ether oxygens (including phenoxy) is 2. The first-order valence-electron chi connectivity index (χ1n) is 12.1. The predicted molar refractivity (Wildman–Crippen MR) is 134 cm³/mol. The number of terminal acetylenes is 1. The van der Waals surface area contributed by atoms with Crippen LogP contribution in [0.2, 0.25) is 0 Å². The number of likely N-dealkylation sites (tertiary alicyclic amines) is 1. The number of para-hydroxylation sites is 1. The summed E-state index contributed by atoms with van der Waals surface area (Å²) in [5.74, 6) is 2.95. The van der Waals surface area contributed by atoms with Gasteiger partial charge in [-0.2, -0.15) is 4.89 Å². The molecule has 8 nitrogen and oxygen atoms in total. The van der Waals surface area contributed by atoms with Gasteiger partial charge in [-0.1, -0.05) is 60.9 Å². The van der Waals surface area contributed by atoms with Gasteiger partial charge < -0.3 is 14.4 Å². The van der Waals surface area contributed by atoms with E-state index in [-0.39, 0.29) is 12.6 Å². The number of piperidine rings is 1. The number of esters is 1. The lowest BCUT2D eigenvalue weighted by Gasteiger charge is -2.30. The van der Waals surface area contributed by atoms with Crippen molar-refractivity contribution < 1.29 is 34.5 Å². The lowest BCUT2D eigenvalue weighted by molar-refractivity contribution is -0.620. The van der Waals surface area contributed by atoms with Crippen molar-refractivity contribution in [3.05, 3.63) is 70.8 Å². The number of nitrogens with zero attached hydrogens (tertiary/aromatic N) is 1. The normalized spacial score (nSPS) is 14.8. The highest BCUT2D eigenvalue weighted by Gasteiger charge is 2.24. The van der Waals surface area contributed by atoms with E-state index >= 15 is 0 Å². The molecular weight excluding hydrogens is 462 g/mol. The Hall–Kier alpha value is -3.19. The zero-order valence-corrected chi connectivity index (χ0v) is 20.6. The van der Waals surface area contributed by atoms with Gasteiger partial charge in [0.25, 0.3) is 0 Å². The van der Waals surface area contributed by atoms with Gasteiger partial charge in [-0.05, 0) is 52.1 Å². The van der Waals surface area contributed by atoms with Crippen molar-refractivity contribution in [2.24, 2.45) is 0 Å². The van der Waals surface area contributed by atoms with E-state index in [1.165, 1.54) is 27.8 Å². The van der Waals surface area contributed by atoms with Crippen LogP contribution in [-0.4, -0.2) is 49.0 Å². The van der Waals surface area contributed by atoms with Crippen molar-refractivity contribution in [3.8, 4) is 18.1 Å². The van der Waals surface area contributed by atoms with Gasteiger partial charge in [0.05, 0.1) is 13.0 Å². The van der Waals surface area contributed by atoms with Crippen LogP contribution in [-0.2, 0) is 31.1 Å². The molecule has 0 saturated carbocycles. The second-order valence-electron chi connectivity index (χ2n) is 8.34. The molecule has 4 rings (SSSR count). The van der Waals surface area contributed by atoms with Crippen molar-refractivity contribution in [1.29, 1.82) is 0 Å². The van der Waals surface area contributed by atoms with Crippen LogP contribution in [0.4, 0.5) is 0 Å². The van der Waals surface area contributed by atoms with Crippen LogP contribution in [0.15, 0.2) is 54.1 Å². The van der Waals surface area contributed by atoms with Crippen molar-refractivity contribution in [3.63, 3.8) is 0 Å². The van der Waals surface area contributed by atoms with E-state index < -0.39 is 0 Å². The maximum absolute atomic E-state index is 11.8. The van der Waals surface area contributed by atoms with Gasteiger partial charge >= 0.3 is 5.97 Å². The molecular formula is C28H33NO7. The molecule has 0 spiro atoms. The van der Waals surface area contributed by atoms with Gasteiger partial charge in [0.2, 0.25) is 0 Å².